The second-order valence-corrected chi connectivity index (χ2v) is 9.23. The van der Waals surface area contributed by atoms with E-state index in [0.717, 1.165) is 60.7 Å². The first-order valence-corrected chi connectivity index (χ1v) is 12.6. The number of nitrogens with zero attached hydrogens (tertiary/aromatic N) is 5. The Morgan fingerprint density at radius 1 is 1.06 bits per heavy atom. The summed E-state index contributed by atoms with van der Waals surface area (Å²) in [6.45, 7) is 8.66. The molecule has 1 aliphatic heterocycles. The Hall–Kier alpha value is -3.89. The molecule has 1 fully saturated rings. The molecule has 184 valence electrons. The van der Waals surface area contributed by atoms with Gasteiger partial charge in [-0.25, -0.2) is 4.98 Å². The van der Waals surface area contributed by atoms with Crippen molar-refractivity contribution in [2.75, 3.05) is 37.7 Å². The van der Waals surface area contributed by atoms with Crippen molar-refractivity contribution in [2.45, 2.75) is 33.2 Å². The van der Waals surface area contributed by atoms with Gasteiger partial charge in [0.1, 0.15) is 11.9 Å². The molecule has 0 bridgehead atoms. The van der Waals surface area contributed by atoms with E-state index in [2.05, 4.69) is 50.6 Å². The van der Waals surface area contributed by atoms with Crippen LogP contribution in [-0.4, -0.2) is 53.0 Å². The fraction of sp³-hybridized carbons (Fsp3) is 0.345. The molecular formula is C29H31N5O2. The van der Waals surface area contributed by atoms with E-state index >= 15 is 0 Å². The van der Waals surface area contributed by atoms with Crippen molar-refractivity contribution < 1.29 is 9.53 Å². The van der Waals surface area contributed by atoms with Crippen LogP contribution in [0.1, 0.15) is 35.6 Å². The summed E-state index contributed by atoms with van der Waals surface area (Å²) in [5.74, 6) is 0.823. The molecule has 0 atom stereocenters. The summed E-state index contributed by atoms with van der Waals surface area (Å²) in [5, 5.41) is 10.1. The highest BCUT2D eigenvalue weighted by atomic mass is 16.5. The zero-order valence-electron chi connectivity index (χ0n) is 20.9. The number of fused-ring (bicyclic) bond motifs is 3. The lowest BCUT2D eigenvalue weighted by Gasteiger charge is -2.37. The highest BCUT2D eigenvalue weighted by molar-refractivity contribution is 5.86. The number of pyridine rings is 1. The molecule has 0 aliphatic carbocycles. The number of hydrogen-bond donors (Lipinski definition) is 0. The van der Waals surface area contributed by atoms with Crippen molar-refractivity contribution in [3.05, 3.63) is 76.9 Å². The van der Waals surface area contributed by atoms with Gasteiger partial charge < -0.3 is 9.64 Å². The molecule has 4 aromatic rings. The van der Waals surface area contributed by atoms with E-state index in [4.69, 9.17) is 9.72 Å². The van der Waals surface area contributed by atoms with E-state index in [9.17, 15) is 10.1 Å². The summed E-state index contributed by atoms with van der Waals surface area (Å²) in [7, 11) is 0. The maximum Gasteiger partial charge on any atom is 0.306 e. The number of piperazine rings is 1. The normalized spacial score (nSPS) is 14.3. The monoisotopic (exact) mass is 481 g/mol. The first kappa shape index (κ1) is 23.8. The van der Waals surface area contributed by atoms with Crippen LogP contribution in [0.15, 0.2) is 54.6 Å². The van der Waals surface area contributed by atoms with Crippen LogP contribution in [0.2, 0.25) is 0 Å². The number of imidazole rings is 1. The van der Waals surface area contributed by atoms with Crippen molar-refractivity contribution >= 4 is 28.5 Å². The van der Waals surface area contributed by atoms with E-state index in [1.165, 1.54) is 5.56 Å². The summed E-state index contributed by atoms with van der Waals surface area (Å²) >= 11 is 0. The number of esters is 1. The van der Waals surface area contributed by atoms with E-state index in [1.807, 2.05) is 38.1 Å². The lowest BCUT2D eigenvalue weighted by Crippen LogP contribution is -2.47. The highest BCUT2D eigenvalue weighted by Gasteiger charge is 2.27. The lowest BCUT2D eigenvalue weighted by atomic mass is 9.99. The van der Waals surface area contributed by atoms with E-state index < -0.39 is 0 Å². The first-order chi connectivity index (χ1) is 17.6. The van der Waals surface area contributed by atoms with Gasteiger partial charge in [-0.3, -0.25) is 14.1 Å². The molecule has 36 heavy (non-hydrogen) atoms. The van der Waals surface area contributed by atoms with Crippen molar-refractivity contribution in [1.29, 1.82) is 5.26 Å². The number of ether oxygens (including phenoxy) is 1. The van der Waals surface area contributed by atoms with Crippen molar-refractivity contribution in [2.24, 2.45) is 0 Å². The number of anilines is 1. The Labute approximate surface area is 211 Å². The van der Waals surface area contributed by atoms with Gasteiger partial charge in [0.25, 0.3) is 0 Å². The number of benzene rings is 2. The van der Waals surface area contributed by atoms with Crippen LogP contribution in [0.3, 0.4) is 0 Å². The maximum atomic E-state index is 12.3. The van der Waals surface area contributed by atoms with Gasteiger partial charge in [0.05, 0.1) is 23.2 Å². The smallest absolute Gasteiger partial charge is 0.306 e. The molecule has 0 radical (unpaired) electrons. The van der Waals surface area contributed by atoms with E-state index in [0.29, 0.717) is 24.2 Å². The Bertz CT molecular complexity index is 1430. The minimum absolute atomic E-state index is 0.218. The lowest BCUT2D eigenvalue weighted by molar-refractivity contribution is -0.143. The molecule has 3 heterocycles. The quantitative estimate of drug-likeness (QED) is 0.362. The van der Waals surface area contributed by atoms with Gasteiger partial charge in [0.15, 0.2) is 5.65 Å². The fourth-order valence-electron chi connectivity index (χ4n) is 5.21. The van der Waals surface area contributed by atoms with Gasteiger partial charge in [-0.2, -0.15) is 5.26 Å². The fourth-order valence-corrected chi connectivity index (χ4v) is 5.21. The number of hydrogen-bond acceptors (Lipinski definition) is 6. The van der Waals surface area contributed by atoms with Crippen LogP contribution in [0.5, 0.6) is 0 Å². The summed E-state index contributed by atoms with van der Waals surface area (Å²) < 4.78 is 7.35. The standard InChI is InChI=1S/C29H31N5O2/c1-3-36-27(35)14-13-23-21(2)24(19-30)28-31-25-11-7-8-12-26(25)34(28)29(23)33-17-15-32(16-18-33)20-22-9-5-4-6-10-22/h4-12H,3,13-18,20H2,1-2H3. The Morgan fingerprint density at radius 3 is 2.50 bits per heavy atom. The second kappa shape index (κ2) is 10.4. The van der Waals surface area contributed by atoms with Crippen molar-refractivity contribution in [3.8, 4) is 6.07 Å². The van der Waals surface area contributed by atoms with Crippen LogP contribution in [-0.2, 0) is 22.5 Å². The number of rotatable bonds is 7. The second-order valence-electron chi connectivity index (χ2n) is 9.23. The molecule has 0 amide bonds. The topological polar surface area (TPSA) is 73.9 Å². The predicted octanol–water partition coefficient (Wildman–Crippen LogP) is 4.49. The largest absolute Gasteiger partial charge is 0.466 e. The third kappa shape index (κ3) is 4.52. The Morgan fingerprint density at radius 2 is 1.78 bits per heavy atom. The average Bonchev–Trinajstić information content (AvgIpc) is 3.27. The summed E-state index contributed by atoms with van der Waals surface area (Å²) in [6.07, 6.45) is 0.792. The Kier molecular flexibility index (Phi) is 6.88. The Balaban J connectivity index is 1.56. The van der Waals surface area contributed by atoms with Crippen LogP contribution in [0.4, 0.5) is 5.82 Å². The SMILES string of the molecule is CCOC(=O)CCc1c(C)c(C#N)c2nc3ccccc3n2c1N1CCN(Cc2ccccc2)CC1. The molecule has 0 N–H and O–H groups in total. The van der Waals surface area contributed by atoms with Gasteiger partial charge in [-0.1, -0.05) is 42.5 Å². The van der Waals surface area contributed by atoms with Gasteiger partial charge >= 0.3 is 5.97 Å². The summed E-state index contributed by atoms with van der Waals surface area (Å²) in [5.41, 5.74) is 6.31. The minimum atomic E-state index is -0.218. The molecule has 1 saturated heterocycles. The molecular weight excluding hydrogens is 450 g/mol. The number of nitriles is 1. The van der Waals surface area contributed by atoms with Crippen LogP contribution < -0.4 is 4.90 Å². The zero-order chi connectivity index (χ0) is 25.1. The summed E-state index contributed by atoms with van der Waals surface area (Å²) in [6, 6.07) is 21.0. The van der Waals surface area contributed by atoms with Gasteiger partial charge in [-0.05, 0) is 49.1 Å². The van der Waals surface area contributed by atoms with Gasteiger partial charge in [0.2, 0.25) is 0 Å². The molecule has 0 spiro atoms. The van der Waals surface area contributed by atoms with Gasteiger partial charge in [0, 0.05) is 39.1 Å². The van der Waals surface area contributed by atoms with E-state index in [-0.39, 0.29) is 12.4 Å². The third-order valence-corrected chi connectivity index (χ3v) is 7.01. The first-order valence-electron chi connectivity index (χ1n) is 12.6. The molecule has 5 rings (SSSR count). The molecule has 2 aromatic heterocycles. The predicted molar refractivity (Wildman–Crippen MR) is 141 cm³/mol. The minimum Gasteiger partial charge on any atom is -0.466 e. The third-order valence-electron chi connectivity index (χ3n) is 7.01. The molecule has 0 saturated carbocycles. The van der Waals surface area contributed by atoms with Crippen LogP contribution in [0, 0.1) is 18.3 Å². The highest BCUT2D eigenvalue weighted by Crippen LogP contribution is 2.34. The van der Waals surface area contributed by atoms with Crippen molar-refractivity contribution in [1.82, 2.24) is 14.3 Å². The van der Waals surface area contributed by atoms with Crippen molar-refractivity contribution in [3.63, 3.8) is 0 Å². The average molecular weight is 482 g/mol. The summed E-state index contributed by atoms with van der Waals surface area (Å²) in [4.78, 5) is 22.0. The van der Waals surface area contributed by atoms with Crippen LogP contribution >= 0.6 is 0 Å². The molecule has 2 aromatic carbocycles. The molecule has 7 nitrogen and oxygen atoms in total. The molecule has 0 unspecified atom stereocenters. The zero-order valence-corrected chi connectivity index (χ0v) is 20.9. The number of aromatic nitrogens is 2. The maximum absolute atomic E-state index is 12.3. The van der Waals surface area contributed by atoms with Crippen LogP contribution in [0.25, 0.3) is 16.7 Å². The number of carbonyl (C=O) groups excluding carboxylic acids is 1. The molecule has 7 heteroatoms. The molecule has 1 aliphatic rings. The van der Waals surface area contributed by atoms with E-state index in [1.54, 1.807) is 0 Å². The van der Waals surface area contributed by atoms with Gasteiger partial charge in [-0.15, -0.1) is 0 Å². The number of carbonyl (C=O) groups is 1. The number of para-hydroxylation sites is 2.